The fraction of sp³-hybridized carbons (Fsp3) is 0.393. The molecule has 4 aromatic carbocycles. The lowest BCUT2D eigenvalue weighted by molar-refractivity contribution is -0.145. The molecule has 0 aliphatic carbocycles. The van der Waals surface area contributed by atoms with E-state index in [1.165, 1.54) is 26.8 Å². The van der Waals surface area contributed by atoms with Crippen molar-refractivity contribution in [3.8, 4) is 11.8 Å². The number of benzene rings is 4. The van der Waals surface area contributed by atoms with E-state index in [2.05, 4.69) is 33.1 Å². The van der Waals surface area contributed by atoms with E-state index in [-0.39, 0.29) is 92.6 Å². The van der Waals surface area contributed by atoms with Crippen LogP contribution in [0.25, 0.3) is 10.1 Å². The van der Waals surface area contributed by atoms with Crippen molar-refractivity contribution in [2.24, 2.45) is 5.73 Å². The highest BCUT2D eigenvalue weighted by molar-refractivity contribution is 7.52. The van der Waals surface area contributed by atoms with Crippen molar-refractivity contribution in [1.82, 2.24) is 36.0 Å². The third-order valence-electron chi connectivity index (χ3n) is 15.9. The molecule has 9 rings (SSSR count). The van der Waals surface area contributed by atoms with Crippen LogP contribution in [0.5, 0.6) is 0 Å². The molecule has 446 valence electrons. The highest BCUT2D eigenvalue weighted by Crippen LogP contribution is 2.59. The fourth-order valence-electron chi connectivity index (χ4n) is 11.5. The Bertz CT molecular complexity index is 3480. The Kier molecular flexibility index (Phi) is 19.4. The Balaban J connectivity index is 0.884. The SMILES string of the molecule is NC(=O)CC[C@H](NC(=O)[C@@H]1CC[C@@H]2CCN(C(=O)CCCCCC#Cc3cccc4c3CN(C3CCC(=O)NC3=O)C4=O)C[C@H](NC(=O)c3cc4cc(C(F)(F)P(=O)(O)O)ccc4s3)C(=O)N21)C(=O)NC(Cc1ccccc1)Cc1ccccc1. The Morgan fingerprint density at radius 3 is 2.24 bits per heavy atom. The van der Waals surface area contributed by atoms with Gasteiger partial charge in [0.15, 0.2) is 0 Å². The predicted molar refractivity (Wildman–Crippen MR) is 309 cm³/mol. The van der Waals surface area contributed by atoms with Crippen molar-refractivity contribution in [3.63, 3.8) is 0 Å². The van der Waals surface area contributed by atoms with Gasteiger partial charge >= 0.3 is 13.3 Å². The van der Waals surface area contributed by atoms with E-state index in [0.29, 0.717) is 66.3 Å². The highest BCUT2D eigenvalue weighted by atomic mass is 32.1. The molecule has 9 amide bonds. The Morgan fingerprint density at radius 1 is 0.835 bits per heavy atom. The number of nitrogens with zero attached hydrogens (tertiary/aromatic N) is 3. The number of primary amides is 1. The van der Waals surface area contributed by atoms with Gasteiger partial charge in [0.1, 0.15) is 24.2 Å². The molecule has 20 nitrogen and oxygen atoms in total. The first kappa shape index (κ1) is 61.4. The van der Waals surface area contributed by atoms with Crippen molar-refractivity contribution in [3.05, 3.63) is 141 Å². The lowest BCUT2D eigenvalue weighted by Gasteiger charge is -2.39. The number of piperidine rings is 1. The number of hydrogen-bond donors (Lipinski definition) is 7. The van der Waals surface area contributed by atoms with Gasteiger partial charge in [0.05, 0.1) is 4.88 Å². The number of nitrogens with two attached hydrogens (primary N) is 1. The Morgan fingerprint density at radius 2 is 1.55 bits per heavy atom. The van der Waals surface area contributed by atoms with E-state index in [1.807, 2.05) is 60.7 Å². The summed E-state index contributed by atoms with van der Waals surface area (Å²) in [4.78, 5) is 145. The van der Waals surface area contributed by atoms with Gasteiger partial charge in [-0.15, -0.1) is 11.3 Å². The molecule has 0 radical (unpaired) electrons. The molecule has 4 aliphatic heterocycles. The summed E-state index contributed by atoms with van der Waals surface area (Å²) in [5.41, 5.74) is 3.78. The van der Waals surface area contributed by atoms with E-state index in [0.717, 1.165) is 34.6 Å². The van der Waals surface area contributed by atoms with Crippen LogP contribution in [0.15, 0.2) is 103 Å². The number of halogens is 2. The van der Waals surface area contributed by atoms with Gasteiger partial charge < -0.3 is 46.2 Å². The van der Waals surface area contributed by atoms with Crippen LogP contribution in [0.2, 0.25) is 0 Å². The second kappa shape index (κ2) is 26.8. The summed E-state index contributed by atoms with van der Waals surface area (Å²) in [5.74, 6) is 1.36. The van der Waals surface area contributed by atoms with Crippen molar-refractivity contribution in [2.75, 3.05) is 13.1 Å². The van der Waals surface area contributed by atoms with Gasteiger partial charge in [-0.3, -0.25) is 53.0 Å². The monoisotopic (exact) mass is 1200 g/mol. The topological polar surface area (TPSA) is 295 Å². The van der Waals surface area contributed by atoms with Gasteiger partial charge in [-0.1, -0.05) is 91.1 Å². The molecule has 3 saturated heterocycles. The molecule has 5 heterocycles. The number of rotatable bonds is 21. The molecule has 8 N–H and O–H groups in total. The summed E-state index contributed by atoms with van der Waals surface area (Å²) in [6.07, 6.45) is 3.82. The molecule has 1 aromatic heterocycles. The molecule has 85 heavy (non-hydrogen) atoms. The van der Waals surface area contributed by atoms with Crippen LogP contribution in [0.1, 0.15) is 125 Å². The van der Waals surface area contributed by atoms with Crippen molar-refractivity contribution in [2.45, 2.75) is 138 Å². The Labute approximate surface area is 492 Å². The number of hydrogen-bond acceptors (Lipinski definition) is 11. The molecular weight excluding hydrogens is 1140 g/mol. The number of carbonyl (C=O) groups is 9. The number of imide groups is 1. The molecule has 5 atom stereocenters. The molecule has 0 bridgehead atoms. The largest absolute Gasteiger partial charge is 0.399 e. The number of nitrogens with one attached hydrogen (secondary N) is 4. The summed E-state index contributed by atoms with van der Waals surface area (Å²) in [6, 6.07) is 22.8. The third kappa shape index (κ3) is 14.7. The van der Waals surface area contributed by atoms with Gasteiger partial charge in [-0.05, 0) is 110 Å². The maximum absolute atomic E-state index is 15.1. The second-order valence-electron chi connectivity index (χ2n) is 21.8. The number of carbonyl (C=O) groups excluding carboxylic acids is 9. The first-order chi connectivity index (χ1) is 40.6. The number of fused-ring (bicyclic) bond motifs is 3. The number of alkyl halides is 2. The summed E-state index contributed by atoms with van der Waals surface area (Å²) in [5, 5.41) is 11.0. The van der Waals surface area contributed by atoms with Crippen LogP contribution >= 0.6 is 18.9 Å². The minimum Gasteiger partial charge on any atom is -0.370 e. The predicted octanol–water partition coefficient (Wildman–Crippen LogP) is 5.30. The maximum atomic E-state index is 15.1. The molecule has 24 heteroatoms. The van der Waals surface area contributed by atoms with E-state index >= 15 is 4.79 Å². The van der Waals surface area contributed by atoms with E-state index in [1.54, 1.807) is 18.2 Å². The summed E-state index contributed by atoms with van der Waals surface area (Å²) < 4.78 is 41.5. The quantitative estimate of drug-likeness (QED) is 0.0213. The first-order valence-corrected chi connectivity index (χ1v) is 30.7. The molecule has 0 saturated carbocycles. The lowest BCUT2D eigenvalue weighted by Crippen LogP contribution is -2.62. The first-order valence-electron chi connectivity index (χ1n) is 28.3. The standard InChI is InChI=1S/C61H65F2N8O12PS/c62-61(63,84(81,82)83)41-21-26-50-40(33-41)34-51(85-50)58(78)67-47-36-69(54(74)20-11-3-1-2-10-17-39-18-12-19-44-45(39)35-70(59(44)79)48-25-28-53(73)68-56(48)76)30-29-43-22-24-49(71(43)60(47)80)57(77)66-46(23-27-52(64)72)55(75)65-42(31-37-13-6-4-7-14-37)32-38-15-8-5-9-16-38/h4-9,12-16,18-19,21,26,33-34,42-43,46-49H,1-3,11,20,22-25,27-32,35-36H2,(H2,64,72)(H,65,75)(H,66,77)(H,67,78)(H,68,73,76)(H2,81,82,83)/t43-,46+,47+,48?,49+/m1/s1. The number of amides is 9. The molecule has 5 aromatic rings. The summed E-state index contributed by atoms with van der Waals surface area (Å²) in [7, 11) is -5.92. The van der Waals surface area contributed by atoms with Gasteiger partial charge in [0.2, 0.25) is 41.4 Å². The molecule has 3 fully saturated rings. The zero-order valence-electron chi connectivity index (χ0n) is 46.3. The molecule has 1 unspecified atom stereocenters. The smallest absolute Gasteiger partial charge is 0.370 e. The van der Waals surface area contributed by atoms with Gasteiger partial charge in [0.25, 0.3) is 11.8 Å². The molecular formula is C61H65F2N8O12PS. The van der Waals surface area contributed by atoms with Crippen LogP contribution in [0.3, 0.4) is 0 Å². The van der Waals surface area contributed by atoms with Gasteiger partial charge in [-0.2, -0.15) is 8.78 Å². The number of unbranched alkanes of at least 4 members (excludes halogenated alkanes) is 3. The highest BCUT2D eigenvalue weighted by Gasteiger charge is 2.51. The average Bonchev–Trinajstić information content (AvgIpc) is 2.91. The van der Waals surface area contributed by atoms with Gasteiger partial charge in [-0.25, -0.2) is 0 Å². The maximum Gasteiger partial charge on any atom is 0.399 e. The average molecular weight is 1200 g/mol. The lowest BCUT2D eigenvalue weighted by atomic mass is 9.98. The zero-order chi connectivity index (χ0) is 60.6. The Hall–Kier alpha value is -8.16. The van der Waals surface area contributed by atoms with Crippen molar-refractivity contribution < 1.29 is 66.3 Å². The fourth-order valence-corrected chi connectivity index (χ4v) is 12.9. The zero-order valence-corrected chi connectivity index (χ0v) is 48.0. The van der Waals surface area contributed by atoms with Gasteiger partial charge in [0, 0.05) is 78.8 Å². The third-order valence-corrected chi connectivity index (χ3v) is 18.0. The normalized spacial score (nSPS) is 19.3. The van der Waals surface area contributed by atoms with E-state index < -0.39 is 90.5 Å². The van der Waals surface area contributed by atoms with E-state index in [4.69, 9.17) is 5.73 Å². The molecule has 0 spiro atoms. The van der Waals surface area contributed by atoms with Crippen LogP contribution in [-0.4, -0.2) is 127 Å². The van der Waals surface area contributed by atoms with Crippen LogP contribution in [0, 0.1) is 11.8 Å². The molecule has 4 aliphatic rings. The summed E-state index contributed by atoms with van der Waals surface area (Å²) in [6.45, 7) is 0.00752. The summed E-state index contributed by atoms with van der Waals surface area (Å²) >= 11 is 0.873. The van der Waals surface area contributed by atoms with E-state index in [9.17, 15) is 61.5 Å². The van der Waals surface area contributed by atoms with Crippen molar-refractivity contribution in [1.29, 1.82) is 0 Å². The second-order valence-corrected chi connectivity index (χ2v) is 24.6. The minimum atomic E-state index is -5.92. The number of thiophene rings is 1. The van der Waals surface area contributed by atoms with Crippen molar-refractivity contribution >= 4 is 82.2 Å². The van der Waals surface area contributed by atoms with Crippen LogP contribution in [-0.2, 0) is 63.2 Å². The minimum absolute atomic E-state index is 0.0461. The van der Waals surface area contributed by atoms with Crippen LogP contribution < -0.4 is 27.0 Å². The van der Waals surface area contributed by atoms with Crippen LogP contribution in [0.4, 0.5) is 8.78 Å².